The zero-order chi connectivity index (χ0) is 14.5. The Morgan fingerprint density at radius 1 is 1.05 bits per heavy atom. The Bertz CT molecular complexity index is 577. The minimum atomic E-state index is 0.228. The Labute approximate surface area is 121 Å². The zero-order valence-corrected chi connectivity index (χ0v) is 12.7. The van der Waals surface area contributed by atoms with Crippen LogP contribution in [0.15, 0.2) is 42.5 Å². The summed E-state index contributed by atoms with van der Waals surface area (Å²) < 4.78 is 5.35. The summed E-state index contributed by atoms with van der Waals surface area (Å²) in [7, 11) is 1.71. The highest BCUT2D eigenvalue weighted by Crippen LogP contribution is 2.28. The zero-order valence-electron chi connectivity index (χ0n) is 12.7. The molecule has 1 unspecified atom stereocenters. The Balaban J connectivity index is 2.43. The summed E-state index contributed by atoms with van der Waals surface area (Å²) in [5, 5.41) is 3.58. The van der Waals surface area contributed by atoms with Crippen molar-refractivity contribution in [3.05, 3.63) is 64.7 Å². The molecular formula is C18H23NO. The highest BCUT2D eigenvalue weighted by atomic mass is 16.5. The Hall–Kier alpha value is -1.80. The van der Waals surface area contributed by atoms with Crippen LogP contribution in [-0.4, -0.2) is 13.7 Å². The summed E-state index contributed by atoms with van der Waals surface area (Å²) in [5.74, 6) is 0.939. The predicted molar refractivity (Wildman–Crippen MR) is 84.4 cm³/mol. The first-order valence-electron chi connectivity index (χ1n) is 7.10. The van der Waals surface area contributed by atoms with E-state index in [1.54, 1.807) is 7.11 Å². The molecule has 0 bridgehead atoms. The third-order valence-corrected chi connectivity index (χ3v) is 3.66. The molecule has 0 aromatic heterocycles. The minimum Gasteiger partial charge on any atom is -0.496 e. The average Bonchev–Trinajstić information content (AvgIpc) is 2.46. The van der Waals surface area contributed by atoms with Gasteiger partial charge in [0.25, 0.3) is 0 Å². The molecule has 2 aromatic rings. The van der Waals surface area contributed by atoms with Gasteiger partial charge in [0, 0.05) is 0 Å². The smallest absolute Gasteiger partial charge is 0.121 e. The summed E-state index contributed by atoms with van der Waals surface area (Å²) >= 11 is 0. The van der Waals surface area contributed by atoms with Crippen molar-refractivity contribution in [2.45, 2.75) is 26.8 Å². The van der Waals surface area contributed by atoms with Gasteiger partial charge in [-0.3, -0.25) is 0 Å². The molecule has 0 aliphatic carbocycles. The molecule has 0 amide bonds. The van der Waals surface area contributed by atoms with E-state index < -0.39 is 0 Å². The summed E-state index contributed by atoms with van der Waals surface area (Å²) in [6.07, 6.45) is 0. The van der Waals surface area contributed by atoms with Gasteiger partial charge in [-0.1, -0.05) is 43.3 Å². The lowest BCUT2D eigenvalue weighted by molar-refractivity contribution is 0.411. The standard InChI is InChI=1S/C18H23NO/c1-5-19-18(16-9-7-6-8-13(16)2)15-10-11-17(20-4)14(3)12-15/h6-12,18-19H,5H2,1-4H3. The monoisotopic (exact) mass is 269 g/mol. The number of hydrogen-bond donors (Lipinski definition) is 1. The normalized spacial score (nSPS) is 12.2. The van der Waals surface area contributed by atoms with Crippen LogP contribution in [0.4, 0.5) is 0 Å². The van der Waals surface area contributed by atoms with E-state index in [0.717, 1.165) is 12.3 Å². The average molecular weight is 269 g/mol. The quantitative estimate of drug-likeness (QED) is 0.885. The van der Waals surface area contributed by atoms with Crippen LogP contribution in [-0.2, 0) is 0 Å². The van der Waals surface area contributed by atoms with Crippen molar-refractivity contribution in [2.24, 2.45) is 0 Å². The number of nitrogens with one attached hydrogen (secondary N) is 1. The Kier molecular flexibility index (Phi) is 4.80. The van der Waals surface area contributed by atoms with E-state index in [0.29, 0.717) is 0 Å². The van der Waals surface area contributed by atoms with Gasteiger partial charge >= 0.3 is 0 Å². The maximum atomic E-state index is 5.35. The first-order chi connectivity index (χ1) is 9.67. The van der Waals surface area contributed by atoms with E-state index in [1.807, 2.05) is 6.07 Å². The van der Waals surface area contributed by atoms with Crippen molar-refractivity contribution >= 4 is 0 Å². The minimum absolute atomic E-state index is 0.228. The van der Waals surface area contributed by atoms with Crippen LogP contribution in [0.1, 0.15) is 35.2 Å². The largest absolute Gasteiger partial charge is 0.496 e. The molecule has 1 N–H and O–H groups in total. The second kappa shape index (κ2) is 6.58. The highest BCUT2D eigenvalue weighted by molar-refractivity contribution is 5.42. The van der Waals surface area contributed by atoms with Gasteiger partial charge in [0.05, 0.1) is 13.2 Å². The lowest BCUT2D eigenvalue weighted by Crippen LogP contribution is -2.22. The van der Waals surface area contributed by atoms with Gasteiger partial charge in [-0.05, 0) is 48.7 Å². The van der Waals surface area contributed by atoms with Crippen LogP contribution in [0.2, 0.25) is 0 Å². The van der Waals surface area contributed by atoms with Gasteiger partial charge in [0.2, 0.25) is 0 Å². The molecule has 0 saturated carbocycles. The molecule has 0 spiro atoms. The summed E-state index contributed by atoms with van der Waals surface area (Å²) in [5.41, 5.74) is 5.09. The molecule has 0 aliphatic rings. The lowest BCUT2D eigenvalue weighted by atomic mass is 9.94. The fraction of sp³-hybridized carbons (Fsp3) is 0.333. The number of methoxy groups -OCH3 is 1. The van der Waals surface area contributed by atoms with Crippen LogP contribution in [0.5, 0.6) is 5.75 Å². The second-order valence-electron chi connectivity index (χ2n) is 5.08. The molecule has 20 heavy (non-hydrogen) atoms. The van der Waals surface area contributed by atoms with E-state index in [1.165, 1.54) is 22.3 Å². The summed E-state index contributed by atoms with van der Waals surface area (Å²) in [6, 6.07) is 15.2. The number of ether oxygens (including phenoxy) is 1. The molecule has 2 heteroatoms. The third kappa shape index (κ3) is 3.02. The summed E-state index contributed by atoms with van der Waals surface area (Å²) in [6.45, 7) is 7.32. The van der Waals surface area contributed by atoms with Crippen molar-refractivity contribution in [2.75, 3.05) is 13.7 Å². The fourth-order valence-corrected chi connectivity index (χ4v) is 2.60. The molecule has 0 fully saturated rings. The number of hydrogen-bond acceptors (Lipinski definition) is 2. The van der Waals surface area contributed by atoms with Crippen LogP contribution in [0, 0.1) is 13.8 Å². The van der Waals surface area contributed by atoms with Gasteiger partial charge in [0.15, 0.2) is 0 Å². The van der Waals surface area contributed by atoms with E-state index >= 15 is 0 Å². The van der Waals surface area contributed by atoms with E-state index in [4.69, 9.17) is 4.74 Å². The molecule has 2 nitrogen and oxygen atoms in total. The maximum Gasteiger partial charge on any atom is 0.121 e. The molecule has 2 rings (SSSR count). The first-order valence-corrected chi connectivity index (χ1v) is 7.10. The van der Waals surface area contributed by atoms with E-state index in [-0.39, 0.29) is 6.04 Å². The van der Waals surface area contributed by atoms with Crippen molar-refractivity contribution in [3.63, 3.8) is 0 Å². The molecule has 106 valence electrons. The second-order valence-corrected chi connectivity index (χ2v) is 5.08. The van der Waals surface area contributed by atoms with Crippen molar-refractivity contribution < 1.29 is 4.74 Å². The summed E-state index contributed by atoms with van der Waals surface area (Å²) in [4.78, 5) is 0. The number of rotatable bonds is 5. The van der Waals surface area contributed by atoms with E-state index in [9.17, 15) is 0 Å². The number of aryl methyl sites for hydroxylation is 2. The predicted octanol–water partition coefficient (Wildman–Crippen LogP) is 4.01. The molecule has 1 atom stereocenters. The van der Waals surface area contributed by atoms with Crippen LogP contribution < -0.4 is 10.1 Å². The topological polar surface area (TPSA) is 21.3 Å². The van der Waals surface area contributed by atoms with Crippen LogP contribution in [0.3, 0.4) is 0 Å². The molecule has 0 heterocycles. The fourth-order valence-electron chi connectivity index (χ4n) is 2.60. The number of benzene rings is 2. The Morgan fingerprint density at radius 3 is 2.40 bits per heavy atom. The van der Waals surface area contributed by atoms with Gasteiger partial charge in [-0.2, -0.15) is 0 Å². The SMILES string of the molecule is CCNC(c1ccc(OC)c(C)c1)c1ccccc1C. The van der Waals surface area contributed by atoms with Gasteiger partial charge in [0.1, 0.15) is 5.75 Å². The van der Waals surface area contributed by atoms with Gasteiger partial charge in [-0.15, -0.1) is 0 Å². The maximum absolute atomic E-state index is 5.35. The molecular weight excluding hydrogens is 246 g/mol. The lowest BCUT2D eigenvalue weighted by Gasteiger charge is -2.22. The first kappa shape index (κ1) is 14.6. The van der Waals surface area contributed by atoms with Crippen molar-refractivity contribution in [3.8, 4) is 5.75 Å². The van der Waals surface area contributed by atoms with Crippen molar-refractivity contribution in [1.82, 2.24) is 5.32 Å². The van der Waals surface area contributed by atoms with Gasteiger partial charge in [-0.25, -0.2) is 0 Å². The van der Waals surface area contributed by atoms with E-state index in [2.05, 4.69) is 62.5 Å². The van der Waals surface area contributed by atoms with Crippen molar-refractivity contribution in [1.29, 1.82) is 0 Å². The van der Waals surface area contributed by atoms with Crippen LogP contribution in [0.25, 0.3) is 0 Å². The molecule has 2 aromatic carbocycles. The van der Waals surface area contributed by atoms with Gasteiger partial charge < -0.3 is 10.1 Å². The molecule has 0 saturated heterocycles. The molecule has 0 radical (unpaired) electrons. The highest BCUT2D eigenvalue weighted by Gasteiger charge is 2.15. The van der Waals surface area contributed by atoms with Crippen LogP contribution >= 0.6 is 0 Å². The molecule has 0 aliphatic heterocycles. The Morgan fingerprint density at radius 2 is 1.80 bits per heavy atom. The third-order valence-electron chi connectivity index (χ3n) is 3.66.